The molecule has 1 unspecified atom stereocenters. The second kappa shape index (κ2) is 11.6. The van der Waals surface area contributed by atoms with E-state index in [0.717, 1.165) is 0 Å². The van der Waals surface area contributed by atoms with Crippen molar-refractivity contribution in [1.82, 2.24) is 9.69 Å². The molecule has 1 atom stereocenters. The first kappa shape index (κ1) is 29.9. The minimum atomic E-state index is -1.82. The maximum atomic E-state index is 14.4. The largest absolute Gasteiger partial charge is 0.477 e. The molecule has 0 saturated carbocycles. The van der Waals surface area contributed by atoms with Gasteiger partial charge in [0.15, 0.2) is 0 Å². The van der Waals surface area contributed by atoms with Crippen molar-refractivity contribution in [2.75, 3.05) is 24.5 Å². The number of piperazine rings is 1. The fourth-order valence-corrected chi connectivity index (χ4v) is 3.44. The number of hydrogen-bond acceptors (Lipinski definition) is 7. The minimum Gasteiger partial charge on any atom is -0.477 e. The van der Waals surface area contributed by atoms with Crippen LogP contribution in [0.2, 0.25) is 0 Å². The van der Waals surface area contributed by atoms with E-state index in [1.807, 2.05) is 32.6 Å². The molecule has 2 aromatic rings. The SMILES string of the molecule is CC1CN(C(=O)OC(C)(C)C)CCN1c1ccc2c(=O)c(C(=O)O)cn(F)c2c1.O=C(O)C(=O)O.[B]. The average molecular weight is 506 g/mol. The predicted octanol–water partition coefficient (Wildman–Crippen LogP) is 1.65. The Balaban J connectivity index is 0.000000827. The van der Waals surface area contributed by atoms with Gasteiger partial charge in [0.2, 0.25) is 5.43 Å². The molecule has 3 rings (SSSR count). The number of aromatic carboxylic acids is 1. The zero-order chi connectivity index (χ0) is 26.7. The molecule has 0 aliphatic carbocycles. The number of halogens is 1. The van der Waals surface area contributed by atoms with Gasteiger partial charge in [-0.25, -0.2) is 19.2 Å². The molecule has 12 nitrogen and oxygen atoms in total. The Hall–Kier alpha value is -4.10. The topological polar surface area (TPSA) is 167 Å². The summed E-state index contributed by atoms with van der Waals surface area (Å²) < 4.78 is 19.8. The standard InChI is InChI=1S/C20H24FN3O5.C2H2O4.B/c1-12-10-22(19(28)29-20(2,3)4)7-8-23(12)13-5-6-14-16(9-13)24(21)11-15(17(14)25)18(26)27;3-1(4)2(5)6;/h5-6,9,11-12H,7-8,10H2,1-4H3,(H,26,27);(H,3,4)(H,5,6);. The zero-order valence-electron chi connectivity index (χ0n) is 20.1. The van der Waals surface area contributed by atoms with Crippen molar-refractivity contribution in [2.45, 2.75) is 39.3 Å². The van der Waals surface area contributed by atoms with Crippen LogP contribution in [0, 0.1) is 0 Å². The van der Waals surface area contributed by atoms with Gasteiger partial charge in [0.1, 0.15) is 11.2 Å². The Kier molecular flexibility index (Phi) is 9.61. The van der Waals surface area contributed by atoms with Crippen LogP contribution in [0.4, 0.5) is 15.0 Å². The Morgan fingerprint density at radius 1 is 1.06 bits per heavy atom. The van der Waals surface area contributed by atoms with Gasteiger partial charge in [-0.2, -0.15) is 4.79 Å². The number of rotatable bonds is 2. The number of nitrogens with zero attached hydrogens (tertiary/aromatic N) is 3. The summed E-state index contributed by atoms with van der Waals surface area (Å²) in [6.45, 7) is 8.77. The molecular weight excluding hydrogens is 480 g/mol. The Morgan fingerprint density at radius 2 is 1.64 bits per heavy atom. The van der Waals surface area contributed by atoms with Crippen LogP contribution < -0.4 is 10.3 Å². The van der Waals surface area contributed by atoms with Crippen molar-refractivity contribution in [1.29, 1.82) is 0 Å². The second-order valence-corrected chi connectivity index (χ2v) is 8.77. The number of amides is 1. The number of benzene rings is 1. The van der Waals surface area contributed by atoms with Gasteiger partial charge in [0, 0.05) is 45.2 Å². The summed E-state index contributed by atoms with van der Waals surface area (Å²) in [4.78, 5) is 57.7. The van der Waals surface area contributed by atoms with E-state index in [-0.39, 0.29) is 36.2 Å². The van der Waals surface area contributed by atoms with Crippen molar-refractivity contribution in [3.63, 3.8) is 0 Å². The fraction of sp³-hybridized carbons (Fsp3) is 0.409. The van der Waals surface area contributed by atoms with Crippen LogP contribution in [-0.4, -0.2) is 88.7 Å². The van der Waals surface area contributed by atoms with Gasteiger partial charge in [0.25, 0.3) is 0 Å². The van der Waals surface area contributed by atoms with E-state index in [9.17, 15) is 18.9 Å². The smallest absolute Gasteiger partial charge is 0.414 e. The molecule has 14 heteroatoms. The molecule has 1 fully saturated rings. The lowest BCUT2D eigenvalue weighted by molar-refractivity contribution is -0.159. The molecule has 3 radical (unpaired) electrons. The number of carbonyl (C=O) groups is 4. The quantitative estimate of drug-likeness (QED) is 0.403. The van der Waals surface area contributed by atoms with Crippen molar-refractivity contribution < 1.29 is 43.7 Å². The number of carboxylic acid groups (broad SMARTS) is 3. The summed E-state index contributed by atoms with van der Waals surface area (Å²) in [5.41, 5.74) is -1.24. The van der Waals surface area contributed by atoms with Crippen LogP contribution in [0.25, 0.3) is 10.9 Å². The van der Waals surface area contributed by atoms with E-state index in [1.165, 1.54) is 12.1 Å². The molecule has 1 saturated heterocycles. The van der Waals surface area contributed by atoms with E-state index in [1.54, 1.807) is 11.0 Å². The number of ether oxygens (including phenoxy) is 1. The van der Waals surface area contributed by atoms with Crippen LogP contribution in [0.1, 0.15) is 38.1 Å². The van der Waals surface area contributed by atoms with Crippen molar-refractivity contribution in [3.8, 4) is 0 Å². The summed E-state index contributed by atoms with van der Waals surface area (Å²) in [7, 11) is 0. The van der Waals surface area contributed by atoms with Gasteiger partial charge in [0.05, 0.1) is 11.7 Å². The normalized spacial score (nSPS) is 15.3. The van der Waals surface area contributed by atoms with Crippen LogP contribution in [0.15, 0.2) is 29.2 Å². The number of carboxylic acids is 3. The van der Waals surface area contributed by atoms with E-state index in [0.29, 0.717) is 31.5 Å². The Bertz CT molecular complexity index is 1210. The number of hydrogen-bond donors (Lipinski definition) is 3. The number of anilines is 1. The van der Waals surface area contributed by atoms with Gasteiger partial charge in [-0.15, -0.1) is 0 Å². The fourth-order valence-electron chi connectivity index (χ4n) is 3.44. The summed E-state index contributed by atoms with van der Waals surface area (Å²) in [6.07, 6.45) is 0.307. The van der Waals surface area contributed by atoms with Crippen molar-refractivity contribution in [3.05, 3.63) is 40.2 Å². The average Bonchev–Trinajstić information content (AvgIpc) is 2.74. The highest BCUT2D eigenvalue weighted by molar-refractivity contribution is 6.27. The van der Waals surface area contributed by atoms with Crippen molar-refractivity contribution in [2.24, 2.45) is 0 Å². The molecule has 3 N–H and O–H groups in total. The predicted molar refractivity (Wildman–Crippen MR) is 127 cm³/mol. The number of pyridine rings is 1. The van der Waals surface area contributed by atoms with Gasteiger partial charge in [-0.3, -0.25) is 4.79 Å². The first-order valence-corrected chi connectivity index (χ1v) is 10.4. The second-order valence-electron chi connectivity index (χ2n) is 8.77. The number of aliphatic carboxylic acids is 2. The maximum Gasteiger partial charge on any atom is 0.414 e. The highest BCUT2D eigenvalue weighted by Gasteiger charge is 2.30. The Labute approximate surface area is 207 Å². The summed E-state index contributed by atoms with van der Waals surface area (Å²) in [5, 5.41) is 23.8. The van der Waals surface area contributed by atoms with Gasteiger partial charge < -0.3 is 29.9 Å². The summed E-state index contributed by atoms with van der Waals surface area (Å²) >= 11 is 0. The summed E-state index contributed by atoms with van der Waals surface area (Å²) in [6, 6.07) is 4.55. The van der Waals surface area contributed by atoms with Crippen LogP contribution in [0.5, 0.6) is 0 Å². The third-order valence-corrected chi connectivity index (χ3v) is 4.97. The summed E-state index contributed by atoms with van der Waals surface area (Å²) in [5.74, 6) is -5.12. The molecule has 2 heterocycles. The van der Waals surface area contributed by atoms with E-state index in [2.05, 4.69) is 0 Å². The van der Waals surface area contributed by atoms with Crippen LogP contribution >= 0.6 is 0 Å². The lowest BCUT2D eigenvalue weighted by atomic mass is 10.1. The number of fused-ring (bicyclic) bond motifs is 1. The van der Waals surface area contributed by atoms with E-state index in [4.69, 9.17) is 29.6 Å². The van der Waals surface area contributed by atoms with Crippen LogP contribution in [-0.2, 0) is 14.3 Å². The molecule has 1 aliphatic heterocycles. The lowest BCUT2D eigenvalue weighted by Gasteiger charge is -2.41. The van der Waals surface area contributed by atoms with Gasteiger partial charge >= 0.3 is 24.0 Å². The number of carbonyl (C=O) groups excluding carboxylic acids is 1. The third kappa shape index (κ3) is 7.20. The lowest BCUT2D eigenvalue weighted by Crippen LogP contribution is -2.54. The molecule has 193 valence electrons. The van der Waals surface area contributed by atoms with E-state index >= 15 is 0 Å². The zero-order valence-corrected chi connectivity index (χ0v) is 20.1. The molecule has 0 spiro atoms. The molecule has 0 bridgehead atoms. The molecule has 1 aromatic heterocycles. The van der Waals surface area contributed by atoms with Gasteiger partial charge in [-0.1, -0.05) is 4.48 Å². The molecular formula is C22H26BFN3O9. The molecule has 1 aliphatic rings. The third-order valence-electron chi connectivity index (χ3n) is 4.97. The monoisotopic (exact) mass is 506 g/mol. The maximum absolute atomic E-state index is 14.4. The Morgan fingerprint density at radius 3 is 2.11 bits per heavy atom. The van der Waals surface area contributed by atoms with E-state index < -0.39 is 34.5 Å². The minimum absolute atomic E-state index is 0. The molecule has 1 aromatic carbocycles. The highest BCUT2D eigenvalue weighted by atomic mass is 19.2. The molecule has 36 heavy (non-hydrogen) atoms. The van der Waals surface area contributed by atoms with Crippen LogP contribution in [0.3, 0.4) is 0 Å². The number of aromatic nitrogens is 1. The molecule has 1 amide bonds. The van der Waals surface area contributed by atoms with Gasteiger partial charge in [-0.05, 0) is 45.9 Å². The highest BCUT2D eigenvalue weighted by Crippen LogP contribution is 2.25. The first-order valence-electron chi connectivity index (χ1n) is 10.4. The van der Waals surface area contributed by atoms with Crippen molar-refractivity contribution >= 4 is 49.0 Å². The first-order chi connectivity index (χ1) is 16.1.